The quantitative estimate of drug-likeness (QED) is 0.812. The Labute approximate surface area is 92.8 Å². The third-order valence-electron chi connectivity index (χ3n) is 2.34. The number of carboxylic acids is 1. The van der Waals surface area contributed by atoms with Crippen LogP contribution in [0.4, 0.5) is 4.39 Å². The minimum Gasteiger partial charge on any atom is -0.494 e. The highest BCUT2D eigenvalue weighted by atomic mass is 19.1. The van der Waals surface area contributed by atoms with Crippen molar-refractivity contribution >= 4 is 5.97 Å². The molecule has 0 fully saturated rings. The van der Waals surface area contributed by atoms with E-state index in [1.807, 2.05) is 0 Å². The number of hydrogen-bond acceptors (Lipinski definition) is 3. The van der Waals surface area contributed by atoms with E-state index in [-0.39, 0.29) is 17.9 Å². The summed E-state index contributed by atoms with van der Waals surface area (Å²) < 4.78 is 18.6. The summed E-state index contributed by atoms with van der Waals surface area (Å²) in [5.41, 5.74) is 6.12. The van der Waals surface area contributed by atoms with Gasteiger partial charge in [-0.2, -0.15) is 0 Å². The van der Waals surface area contributed by atoms with Crippen LogP contribution in [0.5, 0.6) is 5.75 Å². The van der Waals surface area contributed by atoms with E-state index < -0.39 is 17.7 Å². The monoisotopic (exact) mass is 227 g/mol. The van der Waals surface area contributed by atoms with Crippen molar-refractivity contribution in [1.82, 2.24) is 0 Å². The zero-order chi connectivity index (χ0) is 12.3. The topological polar surface area (TPSA) is 72.5 Å². The Morgan fingerprint density at radius 1 is 1.62 bits per heavy atom. The van der Waals surface area contributed by atoms with Crippen molar-refractivity contribution in [3.8, 4) is 5.75 Å². The third-order valence-corrected chi connectivity index (χ3v) is 2.34. The molecule has 3 N–H and O–H groups in total. The molecule has 0 saturated carbocycles. The van der Waals surface area contributed by atoms with Crippen molar-refractivity contribution in [2.45, 2.75) is 12.8 Å². The van der Waals surface area contributed by atoms with Crippen molar-refractivity contribution < 1.29 is 19.0 Å². The second-order valence-corrected chi connectivity index (χ2v) is 3.50. The Balaban J connectivity index is 3.31. The van der Waals surface area contributed by atoms with Crippen LogP contribution in [-0.2, 0) is 4.79 Å². The molecule has 0 bridgehead atoms. The number of carbonyl (C=O) groups is 1. The van der Waals surface area contributed by atoms with E-state index in [2.05, 4.69) is 0 Å². The first-order valence-corrected chi connectivity index (χ1v) is 4.78. The van der Waals surface area contributed by atoms with Gasteiger partial charge in [0.2, 0.25) is 0 Å². The summed E-state index contributed by atoms with van der Waals surface area (Å²) in [5, 5.41) is 8.92. The molecule has 0 radical (unpaired) electrons. The van der Waals surface area contributed by atoms with Crippen LogP contribution in [0.1, 0.15) is 17.0 Å². The number of nitrogens with two attached hydrogens (primary N) is 1. The van der Waals surface area contributed by atoms with E-state index in [0.29, 0.717) is 0 Å². The van der Waals surface area contributed by atoms with Crippen LogP contribution in [0.25, 0.3) is 0 Å². The van der Waals surface area contributed by atoms with Gasteiger partial charge in [0.1, 0.15) is 0 Å². The maximum absolute atomic E-state index is 13.8. The Bertz CT molecular complexity index is 406. The molecule has 0 aliphatic carbocycles. The molecule has 0 saturated heterocycles. The lowest BCUT2D eigenvalue weighted by Crippen LogP contribution is -2.22. The fraction of sp³-hybridized carbons (Fsp3) is 0.364. The van der Waals surface area contributed by atoms with Gasteiger partial charge in [-0.3, -0.25) is 4.79 Å². The van der Waals surface area contributed by atoms with Crippen molar-refractivity contribution in [3.05, 3.63) is 29.1 Å². The fourth-order valence-electron chi connectivity index (χ4n) is 1.53. The van der Waals surface area contributed by atoms with Crippen LogP contribution >= 0.6 is 0 Å². The highest BCUT2D eigenvalue weighted by Crippen LogP contribution is 2.28. The molecule has 16 heavy (non-hydrogen) atoms. The predicted octanol–water partition coefficient (Wildman–Crippen LogP) is 1.27. The molecule has 0 heterocycles. The zero-order valence-electron chi connectivity index (χ0n) is 9.16. The first kappa shape index (κ1) is 12.4. The van der Waals surface area contributed by atoms with Crippen molar-refractivity contribution in [3.63, 3.8) is 0 Å². The molecule has 0 spiro atoms. The number of halogens is 1. The van der Waals surface area contributed by atoms with E-state index in [9.17, 15) is 9.18 Å². The number of aryl methyl sites for hydroxylation is 1. The number of ether oxygens (including phenoxy) is 1. The van der Waals surface area contributed by atoms with Gasteiger partial charge in [0.05, 0.1) is 13.0 Å². The van der Waals surface area contributed by atoms with E-state index in [1.54, 1.807) is 6.92 Å². The van der Waals surface area contributed by atoms with Gasteiger partial charge < -0.3 is 15.6 Å². The van der Waals surface area contributed by atoms with E-state index in [0.717, 1.165) is 5.56 Å². The maximum atomic E-state index is 13.8. The summed E-state index contributed by atoms with van der Waals surface area (Å²) in [6, 6.07) is 2.98. The molecular formula is C11H14FNO3. The first-order valence-electron chi connectivity index (χ1n) is 4.78. The van der Waals surface area contributed by atoms with Crippen molar-refractivity contribution in [1.29, 1.82) is 0 Å². The average Bonchev–Trinajstić information content (AvgIpc) is 2.23. The van der Waals surface area contributed by atoms with E-state index in [1.165, 1.54) is 19.2 Å². The summed E-state index contributed by atoms with van der Waals surface area (Å²) >= 11 is 0. The molecule has 1 rings (SSSR count). The fourth-order valence-corrected chi connectivity index (χ4v) is 1.53. The standard InChI is InChI=1S/C11H14FNO3/c1-6-3-7(8(5-13)11(14)15)10(12)9(4-6)16-2/h3-4,8H,5,13H2,1-2H3,(H,14,15). The molecule has 5 heteroatoms. The van der Waals surface area contributed by atoms with Gasteiger partial charge in [0, 0.05) is 12.1 Å². The number of benzene rings is 1. The van der Waals surface area contributed by atoms with Crippen LogP contribution in [0, 0.1) is 12.7 Å². The smallest absolute Gasteiger partial charge is 0.312 e. The van der Waals surface area contributed by atoms with Crippen LogP contribution in [0.2, 0.25) is 0 Å². The van der Waals surface area contributed by atoms with Gasteiger partial charge in [-0.15, -0.1) is 0 Å². The summed E-state index contributed by atoms with van der Waals surface area (Å²) in [6.07, 6.45) is 0. The lowest BCUT2D eigenvalue weighted by atomic mass is 9.96. The normalized spacial score (nSPS) is 12.2. The number of aliphatic carboxylic acids is 1. The Morgan fingerprint density at radius 3 is 2.69 bits per heavy atom. The summed E-state index contributed by atoms with van der Waals surface area (Å²) in [6.45, 7) is 1.58. The molecule has 4 nitrogen and oxygen atoms in total. The molecule has 0 aromatic heterocycles. The van der Waals surface area contributed by atoms with E-state index >= 15 is 0 Å². The van der Waals surface area contributed by atoms with Crippen molar-refractivity contribution in [2.24, 2.45) is 5.73 Å². The van der Waals surface area contributed by atoms with Crippen LogP contribution in [0.15, 0.2) is 12.1 Å². The van der Waals surface area contributed by atoms with Crippen LogP contribution in [0.3, 0.4) is 0 Å². The predicted molar refractivity (Wildman–Crippen MR) is 57.1 cm³/mol. The minimum absolute atomic E-state index is 0.0368. The van der Waals surface area contributed by atoms with E-state index in [4.69, 9.17) is 15.6 Å². The molecular weight excluding hydrogens is 213 g/mol. The van der Waals surface area contributed by atoms with Gasteiger partial charge in [-0.1, -0.05) is 6.07 Å². The van der Waals surface area contributed by atoms with Crippen molar-refractivity contribution in [2.75, 3.05) is 13.7 Å². The SMILES string of the molecule is COc1cc(C)cc(C(CN)C(=O)O)c1F. The molecule has 1 aromatic rings. The highest BCUT2D eigenvalue weighted by molar-refractivity contribution is 5.76. The lowest BCUT2D eigenvalue weighted by Gasteiger charge is -2.14. The second-order valence-electron chi connectivity index (χ2n) is 3.50. The minimum atomic E-state index is -1.14. The molecule has 0 aliphatic heterocycles. The van der Waals surface area contributed by atoms with Gasteiger partial charge in [0.15, 0.2) is 11.6 Å². The summed E-state index contributed by atoms with van der Waals surface area (Å²) in [7, 11) is 1.33. The molecule has 1 unspecified atom stereocenters. The first-order chi connectivity index (χ1) is 7.51. The van der Waals surface area contributed by atoms with Gasteiger partial charge in [-0.05, 0) is 18.6 Å². The highest BCUT2D eigenvalue weighted by Gasteiger charge is 2.24. The second kappa shape index (κ2) is 4.94. The molecule has 0 amide bonds. The number of rotatable bonds is 4. The van der Waals surface area contributed by atoms with Gasteiger partial charge >= 0.3 is 5.97 Å². The average molecular weight is 227 g/mol. The lowest BCUT2D eigenvalue weighted by molar-refractivity contribution is -0.138. The Kier molecular flexibility index (Phi) is 3.84. The largest absolute Gasteiger partial charge is 0.494 e. The Morgan fingerprint density at radius 2 is 2.25 bits per heavy atom. The summed E-state index contributed by atoms with van der Waals surface area (Å²) in [5.74, 6) is -2.82. The van der Waals surface area contributed by atoms with Crippen LogP contribution in [-0.4, -0.2) is 24.7 Å². The third kappa shape index (κ3) is 2.30. The number of methoxy groups -OCH3 is 1. The number of hydrogen-bond donors (Lipinski definition) is 2. The summed E-state index contributed by atoms with van der Waals surface area (Å²) in [4.78, 5) is 10.9. The molecule has 88 valence electrons. The molecule has 1 atom stereocenters. The Hall–Kier alpha value is -1.62. The van der Waals surface area contributed by atoms with Gasteiger partial charge in [-0.25, -0.2) is 4.39 Å². The molecule has 0 aliphatic rings. The zero-order valence-corrected chi connectivity index (χ0v) is 9.16. The maximum Gasteiger partial charge on any atom is 0.312 e. The van der Waals surface area contributed by atoms with Gasteiger partial charge in [0.25, 0.3) is 0 Å². The van der Waals surface area contributed by atoms with Crippen LogP contribution < -0.4 is 10.5 Å². The number of carboxylic acid groups (broad SMARTS) is 1. The molecule has 1 aromatic carbocycles.